The first-order chi connectivity index (χ1) is 8.71. The normalized spacial score (nSPS) is 10.4. The van der Waals surface area contributed by atoms with Gasteiger partial charge in [0.15, 0.2) is 6.29 Å². The minimum atomic E-state index is -0.262. The zero-order valence-electron chi connectivity index (χ0n) is 10.6. The summed E-state index contributed by atoms with van der Waals surface area (Å²) in [5.74, 6) is 0. The summed E-state index contributed by atoms with van der Waals surface area (Å²) in [5.41, 5.74) is 1.54. The number of nitrogens with zero attached hydrogens (tertiary/aromatic N) is 1. The van der Waals surface area contributed by atoms with Gasteiger partial charge in [-0.3, -0.25) is 0 Å². The maximum absolute atomic E-state index is 8.78. The SMILES string of the molecule is CCOC(CNc1ccc(C#N)cc1Br)OCC. The van der Waals surface area contributed by atoms with Gasteiger partial charge in [-0.05, 0) is 48.0 Å². The lowest BCUT2D eigenvalue weighted by Gasteiger charge is -2.18. The monoisotopic (exact) mass is 312 g/mol. The molecule has 98 valence electrons. The van der Waals surface area contributed by atoms with E-state index >= 15 is 0 Å². The molecule has 1 aromatic carbocycles. The highest BCUT2D eigenvalue weighted by atomic mass is 79.9. The molecule has 0 fully saturated rings. The average molecular weight is 313 g/mol. The first-order valence-electron chi connectivity index (χ1n) is 5.88. The number of hydrogen-bond donors (Lipinski definition) is 1. The second kappa shape index (κ2) is 8.09. The lowest BCUT2D eigenvalue weighted by atomic mass is 10.2. The predicted molar refractivity (Wildman–Crippen MR) is 74.4 cm³/mol. The number of anilines is 1. The number of ether oxygens (including phenoxy) is 2. The summed E-state index contributed by atoms with van der Waals surface area (Å²) in [6.45, 7) is 5.65. The van der Waals surface area contributed by atoms with E-state index in [1.54, 1.807) is 12.1 Å². The van der Waals surface area contributed by atoms with E-state index in [-0.39, 0.29) is 6.29 Å². The summed E-state index contributed by atoms with van der Waals surface area (Å²) < 4.78 is 11.7. The number of hydrogen-bond acceptors (Lipinski definition) is 4. The maximum atomic E-state index is 8.78. The Kier molecular flexibility index (Phi) is 6.73. The molecule has 0 heterocycles. The number of halogens is 1. The summed E-state index contributed by atoms with van der Waals surface area (Å²) in [5, 5.41) is 12.0. The molecule has 1 rings (SSSR count). The van der Waals surface area contributed by atoms with Crippen LogP contribution >= 0.6 is 15.9 Å². The molecule has 18 heavy (non-hydrogen) atoms. The van der Waals surface area contributed by atoms with Crippen LogP contribution in [0.3, 0.4) is 0 Å². The first-order valence-corrected chi connectivity index (χ1v) is 6.67. The van der Waals surface area contributed by atoms with Crippen molar-refractivity contribution in [3.63, 3.8) is 0 Å². The van der Waals surface area contributed by atoms with E-state index < -0.39 is 0 Å². The predicted octanol–water partition coefficient (Wildman–Crippen LogP) is 3.13. The molecule has 1 aromatic rings. The van der Waals surface area contributed by atoms with Crippen LogP contribution in [-0.4, -0.2) is 26.0 Å². The van der Waals surface area contributed by atoms with Gasteiger partial charge in [0, 0.05) is 23.4 Å². The number of nitrogens with one attached hydrogen (secondary N) is 1. The van der Waals surface area contributed by atoms with Crippen molar-refractivity contribution in [2.75, 3.05) is 25.1 Å². The van der Waals surface area contributed by atoms with Crippen LogP contribution in [0.4, 0.5) is 5.69 Å². The zero-order valence-corrected chi connectivity index (χ0v) is 12.2. The van der Waals surface area contributed by atoms with Gasteiger partial charge >= 0.3 is 0 Å². The number of nitriles is 1. The van der Waals surface area contributed by atoms with Crippen molar-refractivity contribution in [3.8, 4) is 6.07 Å². The summed E-state index contributed by atoms with van der Waals surface area (Å²) in [6.07, 6.45) is -0.262. The Hall–Kier alpha value is -1.09. The fourth-order valence-corrected chi connectivity index (χ4v) is 1.98. The first kappa shape index (κ1) is 15.0. The molecule has 0 unspecified atom stereocenters. The van der Waals surface area contributed by atoms with E-state index in [0.717, 1.165) is 10.2 Å². The standard InChI is InChI=1S/C13H17BrN2O2/c1-3-17-13(18-4-2)9-16-12-6-5-10(8-15)7-11(12)14/h5-7,13,16H,3-4,9H2,1-2H3. The highest BCUT2D eigenvalue weighted by Crippen LogP contribution is 2.23. The Morgan fingerprint density at radius 3 is 2.50 bits per heavy atom. The molecule has 0 aliphatic rings. The van der Waals surface area contributed by atoms with Gasteiger partial charge in [0.1, 0.15) is 0 Å². The minimum Gasteiger partial charge on any atom is -0.379 e. The molecule has 0 aliphatic carbocycles. The largest absolute Gasteiger partial charge is 0.379 e. The third-order valence-electron chi connectivity index (χ3n) is 2.26. The van der Waals surface area contributed by atoms with Crippen LogP contribution in [-0.2, 0) is 9.47 Å². The molecule has 0 amide bonds. The molecule has 0 atom stereocenters. The molecule has 4 nitrogen and oxygen atoms in total. The topological polar surface area (TPSA) is 54.3 Å². The van der Waals surface area contributed by atoms with E-state index in [1.807, 2.05) is 19.9 Å². The van der Waals surface area contributed by atoms with Crippen molar-refractivity contribution in [3.05, 3.63) is 28.2 Å². The smallest absolute Gasteiger partial charge is 0.174 e. The summed E-state index contributed by atoms with van der Waals surface area (Å²) >= 11 is 3.42. The average Bonchev–Trinajstić information content (AvgIpc) is 2.37. The molecule has 5 heteroatoms. The van der Waals surface area contributed by atoms with E-state index in [4.69, 9.17) is 14.7 Å². The summed E-state index contributed by atoms with van der Waals surface area (Å²) in [6, 6.07) is 7.50. The van der Waals surface area contributed by atoms with E-state index in [2.05, 4.69) is 27.3 Å². The maximum Gasteiger partial charge on any atom is 0.174 e. The quantitative estimate of drug-likeness (QED) is 0.786. The fourth-order valence-electron chi connectivity index (χ4n) is 1.46. The Balaban J connectivity index is 2.59. The van der Waals surface area contributed by atoms with Crippen LogP contribution in [0.5, 0.6) is 0 Å². The van der Waals surface area contributed by atoms with Crippen molar-refractivity contribution < 1.29 is 9.47 Å². The van der Waals surface area contributed by atoms with Gasteiger partial charge in [0.05, 0.1) is 18.2 Å². The molecule has 0 aliphatic heterocycles. The number of benzene rings is 1. The third-order valence-corrected chi connectivity index (χ3v) is 2.92. The number of rotatable bonds is 7. The van der Waals surface area contributed by atoms with Crippen LogP contribution in [0.1, 0.15) is 19.4 Å². The van der Waals surface area contributed by atoms with Gasteiger partial charge in [-0.2, -0.15) is 5.26 Å². The Labute approximate surface area is 116 Å². The molecular formula is C13H17BrN2O2. The van der Waals surface area contributed by atoms with Gasteiger partial charge in [-0.15, -0.1) is 0 Å². The van der Waals surface area contributed by atoms with Gasteiger partial charge < -0.3 is 14.8 Å². The second-order valence-corrected chi connectivity index (χ2v) is 4.38. The van der Waals surface area contributed by atoms with E-state index in [0.29, 0.717) is 25.3 Å². The van der Waals surface area contributed by atoms with E-state index in [1.165, 1.54) is 0 Å². The Morgan fingerprint density at radius 2 is 2.00 bits per heavy atom. The van der Waals surface area contributed by atoms with Gasteiger partial charge in [-0.1, -0.05) is 0 Å². The third kappa shape index (κ3) is 4.65. The zero-order chi connectivity index (χ0) is 13.4. The van der Waals surface area contributed by atoms with E-state index in [9.17, 15) is 0 Å². The van der Waals surface area contributed by atoms with Gasteiger partial charge in [0.2, 0.25) is 0 Å². The molecular weight excluding hydrogens is 296 g/mol. The van der Waals surface area contributed by atoms with Crippen LogP contribution in [0.15, 0.2) is 22.7 Å². The molecule has 0 radical (unpaired) electrons. The van der Waals surface area contributed by atoms with Gasteiger partial charge in [-0.25, -0.2) is 0 Å². The molecule has 0 bridgehead atoms. The highest BCUT2D eigenvalue weighted by molar-refractivity contribution is 9.10. The second-order valence-electron chi connectivity index (χ2n) is 3.53. The van der Waals surface area contributed by atoms with Gasteiger partial charge in [0.25, 0.3) is 0 Å². The summed E-state index contributed by atoms with van der Waals surface area (Å²) in [4.78, 5) is 0. The minimum absolute atomic E-state index is 0.262. The highest BCUT2D eigenvalue weighted by Gasteiger charge is 2.08. The Bertz CT molecular complexity index is 412. The summed E-state index contributed by atoms with van der Waals surface area (Å²) in [7, 11) is 0. The fraction of sp³-hybridized carbons (Fsp3) is 0.462. The molecule has 0 saturated heterocycles. The van der Waals surface area contributed by atoms with Crippen LogP contribution < -0.4 is 5.32 Å². The lowest BCUT2D eigenvalue weighted by molar-refractivity contribution is -0.126. The molecule has 1 N–H and O–H groups in total. The molecule has 0 saturated carbocycles. The lowest BCUT2D eigenvalue weighted by Crippen LogP contribution is -2.26. The van der Waals surface area contributed by atoms with Crippen LogP contribution in [0.2, 0.25) is 0 Å². The molecule has 0 aromatic heterocycles. The molecule has 0 spiro atoms. The Morgan fingerprint density at radius 1 is 1.33 bits per heavy atom. The van der Waals surface area contributed by atoms with Crippen LogP contribution in [0.25, 0.3) is 0 Å². The van der Waals surface area contributed by atoms with Crippen molar-refractivity contribution in [1.82, 2.24) is 0 Å². The van der Waals surface area contributed by atoms with Crippen molar-refractivity contribution >= 4 is 21.6 Å². The van der Waals surface area contributed by atoms with Crippen molar-refractivity contribution in [2.24, 2.45) is 0 Å². The van der Waals surface area contributed by atoms with Crippen molar-refractivity contribution in [1.29, 1.82) is 5.26 Å². The van der Waals surface area contributed by atoms with Crippen LogP contribution in [0, 0.1) is 11.3 Å². The van der Waals surface area contributed by atoms with Crippen molar-refractivity contribution in [2.45, 2.75) is 20.1 Å².